The van der Waals surface area contributed by atoms with Gasteiger partial charge < -0.3 is 5.32 Å². The van der Waals surface area contributed by atoms with E-state index in [1.807, 2.05) is 47.8 Å². The van der Waals surface area contributed by atoms with E-state index < -0.39 is 0 Å². The lowest BCUT2D eigenvalue weighted by Crippen LogP contribution is -2.25. The summed E-state index contributed by atoms with van der Waals surface area (Å²) in [5, 5.41) is 8.55. The molecule has 0 atom stereocenters. The van der Waals surface area contributed by atoms with E-state index in [2.05, 4.69) is 15.8 Å². The topological polar surface area (TPSA) is 70.6 Å². The van der Waals surface area contributed by atoms with Crippen molar-refractivity contribution >= 4 is 29.4 Å². The van der Waals surface area contributed by atoms with Crippen molar-refractivity contribution in [2.45, 2.75) is 19.4 Å². The molecule has 5 nitrogen and oxygen atoms in total. The van der Waals surface area contributed by atoms with Gasteiger partial charge in [0.2, 0.25) is 11.8 Å². The van der Waals surface area contributed by atoms with Crippen LogP contribution in [0.4, 0.5) is 0 Å². The molecule has 1 aromatic heterocycles. The number of benzene rings is 1. The highest BCUT2D eigenvalue weighted by Gasteiger charge is 2.05. The Kier molecular flexibility index (Phi) is 6.32. The summed E-state index contributed by atoms with van der Waals surface area (Å²) in [4.78, 5) is 24.2. The average molecular weight is 315 g/mol. The normalized spacial score (nSPS) is 10.5. The molecule has 0 unspecified atom stereocenters. The van der Waals surface area contributed by atoms with Crippen LogP contribution in [-0.2, 0) is 16.1 Å². The fourth-order valence-corrected chi connectivity index (χ4v) is 2.29. The van der Waals surface area contributed by atoms with Gasteiger partial charge in [-0.1, -0.05) is 36.4 Å². The number of rotatable bonds is 7. The molecule has 2 amide bonds. The molecular weight excluding hydrogens is 298 g/mol. The van der Waals surface area contributed by atoms with Crippen molar-refractivity contribution in [3.8, 4) is 0 Å². The summed E-state index contributed by atoms with van der Waals surface area (Å²) in [6, 6.07) is 13.4. The van der Waals surface area contributed by atoms with Crippen molar-refractivity contribution in [3.63, 3.8) is 0 Å². The monoisotopic (exact) mass is 315 g/mol. The first kappa shape index (κ1) is 15.9. The zero-order valence-electron chi connectivity index (χ0n) is 12.0. The Bertz CT molecular complexity index is 624. The molecule has 0 aliphatic rings. The molecule has 0 bridgehead atoms. The molecule has 2 aromatic rings. The minimum atomic E-state index is -0.275. The van der Waals surface area contributed by atoms with Crippen LogP contribution < -0.4 is 10.7 Å². The Morgan fingerprint density at radius 3 is 2.55 bits per heavy atom. The van der Waals surface area contributed by atoms with E-state index in [9.17, 15) is 9.59 Å². The highest BCUT2D eigenvalue weighted by atomic mass is 32.1. The van der Waals surface area contributed by atoms with Crippen LogP contribution in [0.3, 0.4) is 0 Å². The van der Waals surface area contributed by atoms with E-state index in [0.717, 1.165) is 10.4 Å². The standard InChI is InChI=1S/C16H17N3O2S/c20-15(17-11-13-5-2-1-3-6-13)8-9-16(21)19-18-12-14-7-4-10-22-14/h1-7,10,12H,8-9,11H2,(H,17,20)(H,19,21). The summed E-state index contributed by atoms with van der Waals surface area (Å²) < 4.78 is 0. The van der Waals surface area contributed by atoms with Gasteiger partial charge in [-0.25, -0.2) is 5.43 Å². The van der Waals surface area contributed by atoms with Crippen LogP contribution >= 0.6 is 11.3 Å². The second kappa shape index (κ2) is 8.74. The highest BCUT2D eigenvalue weighted by molar-refractivity contribution is 7.11. The van der Waals surface area contributed by atoms with E-state index in [4.69, 9.17) is 0 Å². The average Bonchev–Trinajstić information content (AvgIpc) is 3.05. The molecule has 1 heterocycles. The number of nitrogens with zero attached hydrogens (tertiary/aromatic N) is 1. The second-order valence-electron chi connectivity index (χ2n) is 4.57. The van der Waals surface area contributed by atoms with E-state index in [1.165, 1.54) is 11.3 Å². The van der Waals surface area contributed by atoms with Crippen molar-refractivity contribution in [2.75, 3.05) is 0 Å². The van der Waals surface area contributed by atoms with Gasteiger partial charge in [0.1, 0.15) is 0 Å². The van der Waals surface area contributed by atoms with Crippen LogP contribution in [0.5, 0.6) is 0 Å². The van der Waals surface area contributed by atoms with Gasteiger partial charge in [0.05, 0.1) is 6.21 Å². The predicted molar refractivity (Wildman–Crippen MR) is 87.6 cm³/mol. The van der Waals surface area contributed by atoms with Crippen LogP contribution in [0.1, 0.15) is 23.3 Å². The van der Waals surface area contributed by atoms with Gasteiger partial charge in [0.25, 0.3) is 0 Å². The Morgan fingerprint density at radius 1 is 1.05 bits per heavy atom. The van der Waals surface area contributed by atoms with Crippen LogP contribution in [0.2, 0.25) is 0 Å². The third-order valence-corrected chi connectivity index (χ3v) is 3.64. The number of hydrazone groups is 1. The molecule has 2 rings (SSSR count). The highest BCUT2D eigenvalue weighted by Crippen LogP contribution is 2.04. The first-order valence-corrected chi connectivity index (χ1v) is 7.78. The second-order valence-corrected chi connectivity index (χ2v) is 5.55. The molecule has 0 aliphatic carbocycles. The number of carbonyl (C=O) groups excluding carboxylic acids is 2. The zero-order chi connectivity index (χ0) is 15.6. The van der Waals surface area contributed by atoms with Gasteiger partial charge in [0.15, 0.2) is 0 Å². The lowest BCUT2D eigenvalue weighted by Gasteiger charge is -2.04. The summed E-state index contributed by atoms with van der Waals surface area (Å²) in [5.74, 6) is -0.427. The maximum Gasteiger partial charge on any atom is 0.240 e. The predicted octanol–water partition coefficient (Wildman–Crippen LogP) is 2.29. The van der Waals surface area contributed by atoms with Crippen LogP contribution in [0.25, 0.3) is 0 Å². The number of hydrogen-bond acceptors (Lipinski definition) is 4. The van der Waals surface area contributed by atoms with E-state index in [-0.39, 0.29) is 24.7 Å². The molecule has 0 saturated carbocycles. The minimum absolute atomic E-state index is 0.113. The molecule has 1 aromatic carbocycles. The molecule has 2 N–H and O–H groups in total. The maximum atomic E-state index is 11.7. The molecular formula is C16H17N3O2S. The third kappa shape index (κ3) is 5.88. The number of carbonyl (C=O) groups is 2. The fourth-order valence-electron chi connectivity index (χ4n) is 1.70. The molecule has 22 heavy (non-hydrogen) atoms. The molecule has 0 aliphatic heterocycles. The summed E-state index contributed by atoms with van der Waals surface area (Å²) in [6.07, 6.45) is 1.84. The number of amides is 2. The first-order chi connectivity index (χ1) is 10.7. The molecule has 0 fully saturated rings. The maximum absolute atomic E-state index is 11.7. The van der Waals surface area contributed by atoms with Gasteiger partial charge in [-0.3, -0.25) is 9.59 Å². The molecule has 6 heteroatoms. The minimum Gasteiger partial charge on any atom is -0.352 e. The van der Waals surface area contributed by atoms with Crippen LogP contribution in [-0.4, -0.2) is 18.0 Å². The Labute approximate surface area is 133 Å². The molecule has 0 saturated heterocycles. The van der Waals surface area contributed by atoms with Gasteiger partial charge in [-0.15, -0.1) is 11.3 Å². The van der Waals surface area contributed by atoms with Crippen molar-refractivity contribution in [2.24, 2.45) is 5.10 Å². The number of hydrogen-bond donors (Lipinski definition) is 2. The first-order valence-electron chi connectivity index (χ1n) is 6.90. The summed E-state index contributed by atoms with van der Waals surface area (Å²) in [5.41, 5.74) is 3.44. The lowest BCUT2D eigenvalue weighted by molar-refractivity contribution is -0.126. The lowest BCUT2D eigenvalue weighted by atomic mass is 10.2. The van der Waals surface area contributed by atoms with E-state index in [0.29, 0.717) is 6.54 Å². The molecule has 0 spiro atoms. The quantitative estimate of drug-likeness (QED) is 0.608. The van der Waals surface area contributed by atoms with Gasteiger partial charge in [0, 0.05) is 24.3 Å². The van der Waals surface area contributed by atoms with Crippen molar-refractivity contribution in [1.82, 2.24) is 10.7 Å². The van der Waals surface area contributed by atoms with Gasteiger partial charge in [-0.05, 0) is 17.0 Å². The largest absolute Gasteiger partial charge is 0.352 e. The summed E-state index contributed by atoms with van der Waals surface area (Å²) >= 11 is 1.53. The number of nitrogens with one attached hydrogen (secondary N) is 2. The van der Waals surface area contributed by atoms with Crippen LogP contribution in [0, 0.1) is 0 Å². The summed E-state index contributed by atoms with van der Waals surface area (Å²) in [7, 11) is 0. The molecule has 114 valence electrons. The van der Waals surface area contributed by atoms with Crippen LogP contribution in [0.15, 0.2) is 52.9 Å². The summed E-state index contributed by atoms with van der Waals surface area (Å²) in [6.45, 7) is 0.470. The van der Waals surface area contributed by atoms with Crippen molar-refractivity contribution < 1.29 is 9.59 Å². The zero-order valence-corrected chi connectivity index (χ0v) is 12.8. The Balaban J connectivity index is 1.62. The van der Waals surface area contributed by atoms with E-state index in [1.54, 1.807) is 6.21 Å². The van der Waals surface area contributed by atoms with Crippen molar-refractivity contribution in [3.05, 3.63) is 58.3 Å². The SMILES string of the molecule is O=C(CCC(=O)NN=Cc1cccs1)NCc1ccccc1. The fraction of sp³-hybridized carbons (Fsp3) is 0.188. The molecule has 0 radical (unpaired) electrons. The smallest absolute Gasteiger partial charge is 0.240 e. The third-order valence-electron chi connectivity index (χ3n) is 2.84. The van der Waals surface area contributed by atoms with Gasteiger partial charge >= 0.3 is 0 Å². The van der Waals surface area contributed by atoms with Gasteiger partial charge in [-0.2, -0.15) is 5.10 Å². The number of thiophene rings is 1. The van der Waals surface area contributed by atoms with Crippen molar-refractivity contribution in [1.29, 1.82) is 0 Å². The Hall–Kier alpha value is -2.47. The van der Waals surface area contributed by atoms with E-state index >= 15 is 0 Å². The Morgan fingerprint density at radius 2 is 1.82 bits per heavy atom.